The molecular formula is C21H21N3O4. The van der Waals surface area contributed by atoms with Gasteiger partial charge in [0.2, 0.25) is 11.8 Å². The fourth-order valence-electron chi connectivity index (χ4n) is 2.36. The first-order valence-electron chi connectivity index (χ1n) is 8.88. The molecule has 0 atom stereocenters. The molecule has 3 rings (SSSR count). The molecule has 0 aliphatic rings. The third-order valence-electron chi connectivity index (χ3n) is 3.61. The molecule has 0 fully saturated rings. The van der Waals surface area contributed by atoms with Gasteiger partial charge in [-0.15, -0.1) is 0 Å². The number of nitrogens with zero attached hydrogens (tertiary/aromatic N) is 1. The van der Waals surface area contributed by atoms with Gasteiger partial charge >= 0.3 is 6.09 Å². The van der Waals surface area contributed by atoms with E-state index in [0.29, 0.717) is 29.5 Å². The fourth-order valence-corrected chi connectivity index (χ4v) is 2.36. The van der Waals surface area contributed by atoms with Gasteiger partial charge in [-0.2, -0.15) is 0 Å². The molecule has 0 saturated carbocycles. The molecule has 7 heteroatoms. The Bertz CT molecular complexity index is 975. The predicted octanol–water partition coefficient (Wildman–Crippen LogP) is 4.68. The Morgan fingerprint density at radius 2 is 1.86 bits per heavy atom. The van der Waals surface area contributed by atoms with Crippen molar-refractivity contribution < 1.29 is 18.7 Å². The van der Waals surface area contributed by atoms with Crippen molar-refractivity contribution in [3.8, 4) is 0 Å². The van der Waals surface area contributed by atoms with Gasteiger partial charge in [0.1, 0.15) is 5.52 Å². The lowest BCUT2D eigenvalue weighted by Crippen LogP contribution is -2.16. The van der Waals surface area contributed by atoms with Gasteiger partial charge in [0.05, 0.1) is 6.61 Å². The van der Waals surface area contributed by atoms with Gasteiger partial charge in [-0.25, -0.2) is 9.78 Å². The predicted molar refractivity (Wildman–Crippen MR) is 108 cm³/mol. The van der Waals surface area contributed by atoms with Gasteiger partial charge in [0.25, 0.3) is 0 Å². The lowest BCUT2D eigenvalue weighted by atomic mass is 10.2. The minimum atomic E-state index is -0.534. The number of hydrogen-bond acceptors (Lipinski definition) is 5. The van der Waals surface area contributed by atoms with E-state index < -0.39 is 6.09 Å². The molecule has 0 aliphatic carbocycles. The zero-order chi connectivity index (χ0) is 19.9. The van der Waals surface area contributed by atoms with Crippen molar-refractivity contribution in [1.29, 1.82) is 0 Å². The smallest absolute Gasteiger partial charge is 0.411 e. The Morgan fingerprint density at radius 1 is 1.11 bits per heavy atom. The Kier molecular flexibility index (Phi) is 6.06. The van der Waals surface area contributed by atoms with E-state index in [0.717, 1.165) is 5.52 Å². The van der Waals surface area contributed by atoms with Crippen LogP contribution in [0.2, 0.25) is 0 Å². The average Bonchev–Trinajstić information content (AvgIpc) is 3.08. The third kappa shape index (κ3) is 5.44. The van der Waals surface area contributed by atoms with E-state index in [1.54, 1.807) is 24.3 Å². The van der Waals surface area contributed by atoms with E-state index in [2.05, 4.69) is 15.6 Å². The van der Waals surface area contributed by atoms with E-state index in [1.165, 1.54) is 12.2 Å². The van der Waals surface area contributed by atoms with Crippen molar-refractivity contribution in [3.05, 3.63) is 60.5 Å². The first-order valence-corrected chi connectivity index (χ1v) is 8.88. The highest BCUT2D eigenvalue weighted by atomic mass is 16.5. The van der Waals surface area contributed by atoms with Gasteiger partial charge < -0.3 is 14.5 Å². The molecule has 2 N–H and O–H groups in total. The molecular weight excluding hydrogens is 358 g/mol. The largest absolute Gasteiger partial charge is 0.449 e. The number of fused-ring (bicyclic) bond motifs is 1. The van der Waals surface area contributed by atoms with Crippen LogP contribution in [-0.4, -0.2) is 23.6 Å². The van der Waals surface area contributed by atoms with E-state index in [1.807, 2.05) is 38.1 Å². The number of para-hydroxylation sites is 2. The molecule has 0 unspecified atom stereocenters. The number of anilines is 2. The van der Waals surface area contributed by atoms with Crippen LogP contribution in [0.15, 0.2) is 59.0 Å². The van der Waals surface area contributed by atoms with Crippen LogP contribution in [0.3, 0.4) is 0 Å². The van der Waals surface area contributed by atoms with Crippen LogP contribution in [-0.2, 0) is 9.53 Å². The molecule has 0 saturated heterocycles. The molecule has 1 heterocycles. The Balaban J connectivity index is 1.58. The van der Waals surface area contributed by atoms with Crippen molar-refractivity contribution in [1.82, 2.24) is 4.98 Å². The number of benzene rings is 2. The second kappa shape index (κ2) is 8.85. The first kappa shape index (κ1) is 19.2. The van der Waals surface area contributed by atoms with Crippen LogP contribution in [0.1, 0.15) is 19.7 Å². The van der Waals surface area contributed by atoms with Gasteiger partial charge in [0.15, 0.2) is 5.58 Å². The molecule has 1 aromatic heterocycles. The lowest BCUT2D eigenvalue weighted by molar-refractivity contribution is -0.111. The highest BCUT2D eigenvalue weighted by molar-refractivity contribution is 6.02. The highest BCUT2D eigenvalue weighted by Gasteiger charge is 2.06. The summed E-state index contributed by atoms with van der Waals surface area (Å²) in [6.07, 6.45) is 2.30. The fraction of sp³-hybridized carbons (Fsp3) is 0.190. The Hall–Kier alpha value is -3.61. The maximum absolute atomic E-state index is 12.1. The maximum atomic E-state index is 12.1. The van der Waals surface area contributed by atoms with Crippen molar-refractivity contribution in [3.63, 3.8) is 0 Å². The molecule has 2 amide bonds. The van der Waals surface area contributed by atoms with Gasteiger partial charge in [-0.3, -0.25) is 10.1 Å². The molecule has 0 spiro atoms. The average molecular weight is 379 g/mol. The zero-order valence-corrected chi connectivity index (χ0v) is 15.6. The monoisotopic (exact) mass is 379 g/mol. The number of carbonyl (C=O) groups is 2. The number of amides is 2. The molecule has 0 bridgehead atoms. The summed E-state index contributed by atoms with van der Waals surface area (Å²) in [4.78, 5) is 28.1. The van der Waals surface area contributed by atoms with Crippen molar-refractivity contribution in [2.45, 2.75) is 13.8 Å². The van der Waals surface area contributed by atoms with E-state index in [9.17, 15) is 9.59 Å². The summed E-state index contributed by atoms with van der Waals surface area (Å²) in [5.74, 6) is 0.255. The van der Waals surface area contributed by atoms with Crippen molar-refractivity contribution in [2.75, 3.05) is 17.2 Å². The number of rotatable bonds is 6. The van der Waals surface area contributed by atoms with Crippen molar-refractivity contribution in [2.24, 2.45) is 5.92 Å². The van der Waals surface area contributed by atoms with Crippen LogP contribution in [0.25, 0.3) is 17.2 Å². The Labute approximate surface area is 162 Å². The number of oxazole rings is 1. The maximum Gasteiger partial charge on any atom is 0.411 e. The van der Waals surface area contributed by atoms with Crippen LogP contribution in [0, 0.1) is 5.92 Å². The summed E-state index contributed by atoms with van der Waals surface area (Å²) in [6, 6.07) is 14.2. The normalized spacial score (nSPS) is 11.1. The van der Waals surface area contributed by atoms with Crippen LogP contribution >= 0.6 is 0 Å². The quantitative estimate of drug-likeness (QED) is 0.606. The second-order valence-electron chi connectivity index (χ2n) is 6.54. The molecule has 2 aromatic carbocycles. The zero-order valence-electron chi connectivity index (χ0n) is 15.6. The second-order valence-corrected chi connectivity index (χ2v) is 6.54. The van der Waals surface area contributed by atoms with Gasteiger partial charge in [-0.1, -0.05) is 32.0 Å². The number of hydrogen-bond donors (Lipinski definition) is 2. The number of nitrogens with one attached hydrogen (secondary N) is 2. The minimum Gasteiger partial charge on any atom is -0.449 e. The highest BCUT2D eigenvalue weighted by Crippen LogP contribution is 2.17. The summed E-state index contributed by atoms with van der Waals surface area (Å²) in [7, 11) is 0. The molecule has 7 nitrogen and oxygen atoms in total. The topological polar surface area (TPSA) is 93.5 Å². The van der Waals surface area contributed by atoms with Gasteiger partial charge in [-0.05, 0) is 36.2 Å². The standard InChI is InChI=1S/C21H21N3O4/c1-14(2)13-27-21(26)23-16-7-5-6-15(12-16)22-19(25)10-11-20-24-17-8-3-4-9-18(17)28-20/h3-12,14H,13H2,1-2H3,(H,22,25)(H,23,26). The molecule has 0 aliphatic heterocycles. The number of carbonyl (C=O) groups excluding carboxylic acids is 2. The summed E-state index contributed by atoms with van der Waals surface area (Å²) >= 11 is 0. The van der Waals surface area contributed by atoms with E-state index in [4.69, 9.17) is 9.15 Å². The summed E-state index contributed by atoms with van der Waals surface area (Å²) in [6.45, 7) is 4.25. The first-order chi connectivity index (χ1) is 13.5. The summed E-state index contributed by atoms with van der Waals surface area (Å²) in [5.41, 5.74) is 2.44. The molecule has 144 valence electrons. The number of ether oxygens (including phenoxy) is 1. The molecule has 3 aromatic rings. The third-order valence-corrected chi connectivity index (χ3v) is 3.61. The number of aromatic nitrogens is 1. The lowest BCUT2D eigenvalue weighted by Gasteiger charge is -2.10. The minimum absolute atomic E-state index is 0.254. The molecule has 28 heavy (non-hydrogen) atoms. The van der Waals surface area contributed by atoms with Crippen LogP contribution in [0.5, 0.6) is 0 Å². The summed E-state index contributed by atoms with van der Waals surface area (Å²) in [5, 5.41) is 5.35. The summed E-state index contributed by atoms with van der Waals surface area (Å²) < 4.78 is 10.6. The van der Waals surface area contributed by atoms with Crippen LogP contribution in [0.4, 0.5) is 16.2 Å². The van der Waals surface area contributed by atoms with Crippen molar-refractivity contribution >= 4 is 40.6 Å². The van der Waals surface area contributed by atoms with Gasteiger partial charge in [0, 0.05) is 23.5 Å². The van der Waals surface area contributed by atoms with E-state index >= 15 is 0 Å². The van der Waals surface area contributed by atoms with E-state index in [-0.39, 0.29) is 11.8 Å². The molecule has 0 radical (unpaired) electrons. The van der Waals surface area contributed by atoms with Crippen LogP contribution < -0.4 is 10.6 Å². The Morgan fingerprint density at radius 3 is 2.61 bits per heavy atom. The SMILES string of the molecule is CC(C)COC(=O)Nc1cccc(NC(=O)C=Cc2nc3ccccc3o2)c1.